The third-order valence-electron chi connectivity index (χ3n) is 6.35. The molecule has 0 aromatic heterocycles. The molecule has 3 heteroatoms. The van der Waals surface area contributed by atoms with E-state index in [1.54, 1.807) is 0 Å². The van der Waals surface area contributed by atoms with E-state index in [1.165, 1.54) is 18.4 Å². The molecule has 3 rings (SSSR count). The predicted molar refractivity (Wildman–Crippen MR) is 87.3 cm³/mol. The van der Waals surface area contributed by atoms with Gasteiger partial charge in [0.2, 0.25) is 0 Å². The first-order valence-electron chi connectivity index (χ1n) is 8.04. The molecule has 20 heavy (non-hydrogen) atoms. The Morgan fingerprint density at radius 2 is 2.05 bits per heavy atom. The van der Waals surface area contributed by atoms with Crippen molar-refractivity contribution in [3.05, 3.63) is 12.2 Å². The summed E-state index contributed by atoms with van der Waals surface area (Å²) in [6.45, 7) is 16.9. The number of rotatable bonds is 4. The monoisotopic (exact) mass is 296 g/mol. The molecule has 116 valence electrons. The maximum absolute atomic E-state index is 9.96. The summed E-state index contributed by atoms with van der Waals surface area (Å²) in [6, 6.07) is 0. The molecule has 3 aliphatic rings. The molecule has 3 fully saturated rings. The predicted octanol–water partition coefficient (Wildman–Crippen LogP) is 4.36. The van der Waals surface area contributed by atoms with Crippen LogP contribution in [0.1, 0.15) is 46.5 Å². The fraction of sp³-hybridized carbons (Fsp3) is 0.882. The summed E-state index contributed by atoms with van der Waals surface area (Å²) in [4.78, 5) is 0. The fourth-order valence-corrected chi connectivity index (χ4v) is 4.66. The van der Waals surface area contributed by atoms with Gasteiger partial charge in [-0.25, -0.2) is 0 Å². The molecule has 2 nitrogen and oxygen atoms in total. The number of hydrogen-bond acceptors (Lipinski definition) is 2. The molecule has 0 unspecified atom stereocenters. The Balaban J connectivity index is 2.05. The summed E-state index contributed by atoms with van der Waals surface area (Å²) in [5.74, 6) is 1.20. The van der Waals surface area contributed by atoms with Gasteiger partial charge < -0.3 is 9.53 Å². The summed E-state index contributed by atoms with van der Waals surface area (Å²) in [6.07, 6.45) is 4.56. The van der Waals surface area contributed by atoms with E-state index in [-0.39, 0.29) is 10.5 Å². The summed E-state index contributed by atoms with van der Waals surface area (Å²) in [7, 11) is -1.68. The molecular formula is C17H32O2Si. The van der Waals surface area contributed by atoms with Gasteiger partial charge in [-0.1, -0.05) is 32.9 Å². The Kier molecular flexibility index (Phi) is 4.27. The van der Waals surface area contributed by atoms with E-state index in [0.29, 0.717) is 18.4 Å². The smallest absolute Gasteiger partial charge is 0.191 e. The fourth-order valence-electron chi connectivity index (χ4n) is 3.61. The average Bonchev–Trinajstić information content (AvgIpc) is 2.36. The van der Waals surface area contributed by atoms with E-state index in [4.69, 9.17) is 4.43 Å². The second-order valence-electron chi connectivity index (χ2n) is 8.60. The first kappa shape index (κ1) is 16.3. The standard InChI is InChI=1S/C17H32O2Si/c1-13-10-17(12-18)8-7-14(13)9-15(17)11-19-20(5,6)16(2,3)4/h14-15,18H,1,7-12H2,2-6H3/t14-,15-,17-/m0/s1. The van der Waals surface area contributed by atoms with Crippen molar-refractivity contribution in [3.8, 4) is 0 Å². The summed E-state index contributed by atoms with van der Waals surface area (Å²) >= 11 is 0. The van der Waals surface area contributed by atoms with Gasteiger partial charge in [-0.15, -0.1) is 0 Å². The second kappa shape index (κ2) is 5.26. The molecule has 3 aliphatic carbocycles. The van der Waals surface area contributed by atoms with Crippen LogP contribution in [0.15, 0.2) is 12.2 Å². The molecule has 0 aromatic carbocycles. The van der Waals surface area contributed by atoms with Crippen molar-refractivity contribution in [2.24, 2.45) is 17.3 Å². The van der Waals surface area contributed by atoms with Gasteiger partial charge in [0.05, 0.1) is 0 Å². The van der Waals surface area contributed by atoms with Crippen LogP contribution in [0, 0.1) is 17.3 Å². The topological polar surface area (TPSA) is 29.5 Å². The van der Waals surface area contributed by atoms with Gasteiger partial charge in [0.1, 0.15) is 0 Å². The van der Waals surface area contributed by atoms with Gasteiger partial charge in [0, 0.05) is 18.6 Å². The number of allylic oxidation sites excluding steroid dienone is 1. The summed E-state index contributed by atoms with van der Waals surface area (Å²) in [5, 5.41) is 10.2. The Morgan fingerprint density at radius 3 is 2.55 bits per heavy atom. The highest BCUT2D eigenvalue weighted by Gasteiger charge is 2.49. The van der Waals surface area contributed by atoms with E-state index < -0.39 is 8.32 Å². The third-order valence-corrected chi connectivity index (χ3v) is 10.8. The van der Waals surface area contributed by atoms with Crippen molar-refractivity contribution in [2.45, 2.75) is 64.6 Å². The van der Waals surface area contributed by atoms with Crippen LogP contribution < -0.4 is 0 Å². The molecule has 3 atom stereocenters. The number of aliphatic hydroxyl groups is 1. The van der Waals surface area contributed by atoms with Gasteiger partial charge in [0.25, 0.3) is 0 Å². The van der Waals surface area contributed by atoms with Crippen molar-refractivity contribution in [3.63, 3.8) is 0 Å². The zero-order valence-electron chi connectivity index (χ0n) is 14.0. The van der Waals surface area contributed by atoms with Crippen LogP contribution in [0.2, 0.25) is 18.1 Å². The van der Waals surface area contributed by atoms with Crippen LogP contribution in [-0.4, -0.2) is 26.6 Å². The van der Waals surface area contributed by atoms with E-state index in [1.807, 2.05) is 0 Å². The number of aliphatic hydroxyl groups excluding tert-OH is 1. The van der Waals surface area contributed by atoms with Crippen molar-refractivity contribution in [2.75, 3.05) is 13.2 Å². The molecule has 1 N–H and O–H groups in total. The van der Waals surface area contributed by atoms with E-state index in [0.717, 1.165) is 19.4 Å². The zero-order chi connectivity index (χ0) is 15.2. The van der Waals surface area contributed by atoms with Crippen LogP contribution in [0.25, 0.3) is 0 Å². The highest BCUT2D eigenvalue weighted by molar-refractivity contribution is 6.74. The first-order valence-corrected chi connectivity index (χ1v) is 10.9. The Hall–Kier alpha value is -0.123. The lowest BCUT2D eigenvalue weighted by Gasteiger charge is -2.53. The molecule has 3 saturated carbocycles. The van der Waals surface area contributed by atoms with Crippen LogP contribution in [-0.2, 0) is 4.43 Å². The quantitative estimate of drug-likeness (QED) is 0.617. The van der Waals surface area contributed by atoms with Gasteiger partial charge >= 0.3 is 0 Å². The van der Waals surface area contributed by atoms with Gasteiger partial charge in [-0.05, 0) is 55.7 Å². The second-order valence-corrected chi connectivity index (χ2v) is 13.4. The van der Waals surface area contributed by atoms with Crippen LogP contribution in [0.5, 0.6) is 0 Å². The van der Waals surface area contributed by atoms with Crippen molar-refractivity contribution < 1.29 is 9.53 Å². The lowest BCUT2D eigenvalue weighted by molar-refractivity contribution is -0.0399. The van der Waals surface area contributed by atoms with Crippen LogP contribution >= 0.6 is 0 Å². The maximum Gasteiger partial charge on any atom is 0.191 e. The molecule has 0 heterocycles. The van der Waals surface area contributed by atoms with Crippen molar-refractivity contribution >= 4 is 8.32 Å². The van der Waals surface area contributed by atoms with E-state index >= 15 is 0 Å². The van der Waals surface area contributed by atoms with Crippen LogP contribution in [0.3, 0.4) is 0 Å². The van der Waals surface area contributed by atoms with Crippen LogP contribution in [0.4, 0.5) is 0 Å². The summed E-state index contributed by atoms with van der Waals surface area (Å²) < 4.78 is 6.45. The SMILES string of the molecule is C=C1C[C@]2(CO)CC[C@H]1C[C@H]2CO[Si](C)(C)C(C)(C)C. The van der Waals surface area contributed by atoms with Gasteiger partial charge in [-0.2, -0.15) is 0 Å². The van der Waals surface area contributed by atoms with Crippen molar-refractivity contribution in [1.82, 2.24) is 0 Å². The molecule has 0 amide bonds. The van der Waals surface area contributed by atoms with Crippen molar-refractivity contribution in [1.29, 1.82) is 0 Å². The third kappa shape index (κ3) is 2.77. The largest absolute Gasteiger partial charge is 0.417 e. The lowest BCUT2D eigenvalue weighted by Crippen LogP contribution is -2.50. The Bertz CT molecular complexity index is 383. The molecule has 0 spiro atoms. The maximum atomic E-state index is 9.96. The minimum atomic E-state index is -1.68. The Morgan fingerprint density at radius 1 is 1.40 bits per heavy atom. The van der Waals surface area contributed by atoms with Gasteiger partial charge in [0.15, 0.2) is 8.32 Å². The van der Waals surface area contributed by atoms with E-state index in [2.05, 4.69) is 40.4 Å². The normalized spacial score (nSPS) is 34.6. The first-order chi connectivity index (χ1) is 9.11. The average molecular weight is 297 g/mol. The molecular weight excluding hydrogens is 264 g/mol. The summed E-state index contributed by atoms with van der Waals surface area (Å²) in [5.41, 5.74) is 1.43. The molecule has 0 radical (unpaired) electrons. The molecule has 0 saturated heterocycles. The minimum Gasteiger partial charge on any atom is -0.417 e. The van der Waals surface area contributed by atoms with E-state index in [9.17, 15) is 5.11 Å². The zero-order valence-corrected chi connectivity index (χ0v) is 15.0. The highest BCUT2D eigenvalue weighted by atomic mass is 28.4. The molecule has 0 aliphatic heterocycles. The Labute approximate surface area is 125 Å². The minimum absolute atomic E-state index is 0.0637. The number of fused-ring (bicyclic) bond motifs is 3. The number of hydrogen-bond donors (Lipinski definition) is 1. The highest BCUT2D eigenvalue weighted by Crippen LogP contribution is 2.55. The molecule has 0 aromatic rings. The van der Waals surface area contributed by atoms with Gasteiger partial charge in [-0.3, -0.25) is 0 Å². The lowest BCUT2D eigenvalue weighted by atomic mass is 9.54. The molecule has 2 bridgehead atoms.